The average Bonchev–Trinajstić information content (AvgIpc) is 3.11. The molecular formula is C21H22ClN3OS. The molecule has 0 aliphatic carbocycles. The Morgan fingerprint density at radius 2 is 2.11 bits per heavy atom. The number of nitrogens with zero attached hydrogens (tertiary/aromatic N) is 2. The zero-order valence-corrected chi connectivity index (χ0v) is 16.6. The number of carbonyl (C=O) groups is 1. The van der Waals surface area contributed by atoms with Gasteiger partial charge in [-0.25, -0.2) is 4.98 Å². The minimum atomic E-state index is 0.0444. The fourth-order valence-electron chi connectivity index (χ4n) is 3.58. The molecule has 1 N–H and O–H groups in total. The van der Waals surface area contributed by atoms with E-state index in [1.54, 1.807) is 11.3 Å². The van der Waals surface area contributed by atoms with E-state index in [2.05, 4.69) is 22.3 Å². The molecule has 4 rings (SSSR count). The standard InChI is InChI=1S/C21H22ClN3OS/c22-16-7-5-6-15(12-16)13-23-20(26)14-25-11-4-3-9-18(25)21-24-17-8-1-2-10-19(17)27-21/h1-2,5-8,10,12,18H,3-4,9,11,13-14H2,(H,23,26)/t18-/m1/s1. The highest BCUT2D eigenvalue weighted by Gasteiger charge is 2.28. The van der Waals surface area contributed by atoms with E-state index in [0.717, 1.165) is 35.5 Å². The molecule has 0 unspecified atom stereocenters. The summed E-state index contributed by atoms with van der Waals surface area (Å²) >= 11 is 7.76. The van der Waals surface area contributed by atoms with Crippen LogP contribution in [0.5, 0.6) is 0 Å². The van der Waals surface area contributed by atoms with E-state index in [0.29, 0.717) is 18.1 Å². The third-order valence-corrected chi connectivity index (χ3v) is 6.31. The normalized spacial score (nSPS) is 17.9. The van der Waals surface area contributed by atoms with Gasteiger partial charge in [0.2, 0.25) is 5.91 Å². The van der Waals surface area contributed by atoms with Crippen LogP contribution in [-0.4, -0.2) is 28.9 Å². The van der Waals surface area contributed by atoms with Crippen molar-refractivity contribution in [1.82, 2.24) is 15.2 Å². The fourth-order valence-corrected chi connectivity index (χ4v) is 4.93. The third kappa shape index (κ3) is 4.49. The molecule has 0 radical (unpaired) electrons. The molecule has 1 atom stereocenters. The van der Waals surface area contributed by atoms with Gasteiger partial charge in [0.15, 0.2) is 0 Å². The first-order valence-corrected chi connectivity index (χ1v) is 10.5. The SMILES string of the molecule is O=C(CN1CCCC[C@@H]1c1nc2ccccc2s1)NCc1cccc(Cl)c1. The van der Waals surface area contributed by atoms with Gasteiger partial charge in [0, 0.05) is 11.6 Å². The van der Waals surface area contributed by atoms with E-state index in [9.17, 15) is 4.79 Å². The van der Waals surface area contributed by atoms with Crippen molar-refractivity contribution in [3.63, 3.8) is 0 Å². The first-order valence-electron chi connectivity index (χ1n) is 9.30. The molecule has 0 saturated carbocycles. The highest BCUT2D eigenvalue weighted by Crippen LogP contribution is 2.35. The lowest BCUT2D eigenvalue weighted by molar-refractivity contribution is -0.123. The molecule has 0 bridgehead atoms. The summed E-state index contributed by atoms with van der Waals surface area (Å²) in [7, 11) is 0. The second-order valence-electron chi connectivity index (χ2n) is 6.91. The van der Waals surface area contributed by atoms with Crippen molar-refractivity contribution in [2.24, 2.45) is 0 Å². The Morgan fingerprint density at radius 1 is 1.22 bits per heavy atom. The molecule has 1 amide bonds. The predicted molar refractivity (Wildman–Crippen MR) is 111 cm³/mol. The largest absolute Gasteiger partial charge is 0.351 e. The topological polar surface area (TPSA) is 45.2 Å². The van der Waals surface area contributed by atoms with Crippen LogP contribution < -0.4 is 5.32 Å². The molecule has 1 aliphatic heterocycles. The van der Waals surface area contributed by atoms with Gasteiger partial charge < -0.3 is 5.32 Å². The summed E-state index contributed by atoms with van der Waals surface area (Å²) in [6, 6.07) is 16.1. The third-order valence-electron chi connectivity index (χ3n) is 4.93. The van der Waals surface area contributed by atoms with E-state index in [1.807, 2.05) is 36.4 Å². The number of hydrogen-bond acceptors (Lipinski definition) is 4. The van der Waals surface area contributed by atoms with E-state index < -0.39 is 0 Å². The predicted octanol–water partition coefficient (Wildman–Crippen LogP) is 4.79. The number of benzene rings is 2. The van der Waals surface area contributed by atoms with Gasteiger partial charge in [0.1, 0.15) is 5.01 Å². The Labute approximate surface area is 168 Å². The molecule has 1 fully saturated rings. The van der Waals surface area contributed by atoms with Crippen molar-refractivity contribution in [3.05, 3.63) is 64.1 Å². The molecule has 6 heteroatoms. The minimum Gasteiger partial charge on any atom is -0.351 e. The molecule has 1 saturated heterocycles. The van der Waals surface area contributed by atoms with Crippen LogP contribution >= 0.6 is 22.9 Å². The number of piperidine rings is 1. The van der Waals surface area contributed by atoms with Gasteiger partial charge in [-0.2, -0.15) is 0 Å². The number of thiazole rings is 1. The number of hydrogen-bond donors (Lipinski definition) is 1. The van der Waals surface area contributed by atoms with Crippen LogP contribution in [0.3, 0.4) is 0 Å². The maximum absolute atomic E-state index is 12.5. The number of para-hydroxylation sites is 1. The van der Waals surface area contributed by atoms with E-state index in [-0.39, 0.29) is 11.9 Å². The second-order valence-corrected chi connectivity index (χ2v) is 8.41. The zero-order valence-electron chi connectivity index (χ0n) is 15.0. The van der Waals surface area contributed by atoms with Crippen molar-refractivity contribution >= 4 is 39.1 Å². The highest BCUT2D eigenvalue weighted by atomic mass is 35.5. The number of rotatable bonds is 5. The summed E-state index contributed by atoms with van der Waals surface area (Å²) < 4.78 is 1.21. The molecule has 27 heavy (non-hydrogen) atoms. The summed E-state index contributed by atoms with van der Waals surface area (Å²) in [6.45, 7) is 1.84. The average molecular weight is 400 g/mol. The number of aromatic nitrogens is 1. The Bertz CT molecular complexity index is 909. The molecular weight excluding hydrogens is 378 g/mol. The minimum absolute atomic E-state index is 0.0444. The van der Waals surface area contributed by atoms with Gasteiger partial charge in [-0.15, -0.1) is 11.3 Å². The lowest BCUT2D eigenvalue weighted by Gasteiger charge is -2.33. The molecule has 1 aromatic heterocycles. The van der Waals surface area contributed by atoms with Crippen molar-refractivity contribution in [2.75, 3.05) is 13.1 Å². The lowest BCUT2D eigenvalue weighted by atomic mass is 10.0. The van der Waals surface area contributed by atoms with Crippen molar-refractivity contribution in [1.29, 1.82) is 0 Å². The Morgan fingerprint density at radius 3 is 2.96 bits per heavy atom. The summed E-state index contributed by atoms with van der Waals surface area (Å²) in [4.78, 5) is 19.6. The highest BCUT2D eigenvalue weighted by molar-refractivity contribution is 7.18. The molecule has 0 spiro atoms. The maximum atomic E-state index is 12.5. The van der Waals surface area contributed by atoms with Crippen LogP contribution in [0, 0.1) is 0 Å². The van der Waals surface area contributed by atoms with Crippen molar-refractivity contribution in [3.8, 4) is 0 Å². The van der Waals surface area contributed by atoms with Gasteiger partial charge in [0.05, 0.1) is 22.8 Å². The van der Waals surface area contributed by atoms with Gasteiger partial charge in [0.25, 0.3) is 0 Å². The Balaban J connectivity index is 1.42. The summed E-state index contributed by atoms with van der Waals surface area (Å²) in [5.41, 5.74) is 2.06. The maximum Gasteiger partial charge on any atom is 0.234 e. The van der Waals surface area contributed by atoms with Crippen LogP contribution in [0.1, 0.15) is 35.9 Å². The van der Waals surface area contributed by atoms with Gasteiger partial charge >= 0.3 is 0 Å². The van der Waals surface area contributed by atoms with Crippen molar-refractivity contribution in [2.45, 2.75) is 31.8 Å². The van der Waals surface area contributed by atoms with E-state index >= 15 is 0 Å². The molecule has 2 heterocycles. The Hall–Kier alpha value is -1.95. The molecule has 3 aromatic rings. The van der Waals surface area contributed by atoms with Crippen LogP contribution in [0.15, 0.2) is 48.5 Å². The number of carbonyl (C=O) groups excluding carboxylic acids is 1. The van der Waals surface area contributed by atoms with Crippen LogP contribution in [-0.2, 0) is 11.3 Å². The summed E-state index contributed by atoms with van der Waals surface area (Å²) in [5, 5.41) is 4.83. The molecule has 1 aliphatic rings. The fraction of sp³-hybridized carbons (Fsp3) is 0.333. The van der Waals surface area contributed by atoms with Gasteiger partial charge in [-0.3, -0.25) is 9.69 Å². The summed E-state index contributed by atoms with van der Waals surface area (Å²) in [6.07, 6.45) is 3.37. The molecule has 140 valence electrons. The molecule has 4 nitrogen and oxygen atoms in total. The lowest BCUT2D eigenvalue weighted by Crippen LogP contribution is -2.41. The van der Waals surface area contributed by atoms with Crippen molar-refractivity contribution < 1.29 is 4.79 Å². The first kappa shape index (κ1) is 18.4. The molecule has 2 aromatic carbocycles. The monoisotopic (exact) mass is 399 g/mol. The van der Waals surface area contributed by atoms with E-state index in [1.165, 1.54) is 11.1 Å². The van der Waals surface area contributed by atoms with Crippen LogP contribution in [0.4, 0.5) is 0 Å². The summed E-state index contributed by atoms with van der Waals surface area (Å²) in [5.74, 6) is 0.0444. The number of halogens is 1. The number of fused-ring (bicyclic) bond motifs is 1. The Kier molecular flexibility index (Phi) is 5.72. The first-order chi connectivity index (χ1) is 13.2. The quantitative estimate of drug-likeness (QED) is 0.670. The second kappa shape index (κ2) is 8.38. The van der Waals surface area contributed by atoms with E-state index in [4.69, 9.17) is 16.6 Å². The smallest absolute Gasteiger partial charge is 0.234 e. The van der Waals surface area contributed by atoms with Gasteiger partial charge in [-0.05, 0) is 49.2 Å². The number of amides is 1. The van der Waals surface area contributed by atoms with Crippen LogP contribution in [0.25, 0.3) is 10.2 Å². The van der Waals surface area contributed by atoms with Gasteiger partial charge in [-0.1, -0.05) is 42.3 Å². The van der Waals surface area contributed by atoms with Crippen LogP contribution in [0.2, 0.25) is 5.02 Å². The number of likely N-dealkylation sites (tertiary alicyclic amines) is 1. The number of nitrogens with one attached hydrogen (secondary N) is 1. The zero-order chi connectivity index (χ0) is 18.6.